The Kier molecular flexibility index (Phi) is 8.30. The summed E-state index contributed by atoms with van der Waals surface area (Å²) >= 11 is 0. The summed E-state index contributed by atoms with van der Waals surface area (Å²) in [5, 5.41) is 32.0. The summed E-state index contributed by atoms with van der Waals surface area (Å²) in [5.74, 6) is -6.04. The number of carboxylic acids is 3. The molecule has 0 spiro atoms. The molecule has 3 atom stereocenters. The molecule has 12 heteroatoms. The van der Waals surface area contributed by atoms with E-state index in [4.69, 9.17) is 21.1 Å². The molecular weight excluding hydrogens is 424 g/mol. The minimum Gasteiger partial charge on any atom is -0.481 e. The molecule has 32 heavy (non-hydrogen) atoms. The molecule has 0 aliphatic rings. The van der Waals surface area contributed by atoms with Gasteiger partial charge in [-0.15, -0.1) is 0 Å². The summed E-state index contributed by atoms with van der Waals surface area (Å²) in [4.78, 5) is 61.0. The van der Waals surface area contributed by atoms with Crippen molar-refractivity contribution < 1.29 is 39.3 Å². The average Bonchev–Trinajstić information content (AvgIpc) is 3.12. The predicted molar refractivity (Wildman–Crippen MR) is 111 cm³/mol. The first-order valence-electron chi connectivity index (χ1n) is 9.66. The van der Waals surface area contributed by atoms with Gasteiger partial charge in [0, 0.05) is 23.5 Å². The van der Waals surface area contributed by atoms with Crippen molar-refractivity contribution >= 4 is 40.6 Å². The standard InChI is InChI=1S/C20H24N4O8/c21-12(7-10-9-22-13-4-2-1-3-11(10)13)18(29)23-14(5-6-16(25)26)19(30)24-15(20(31)32)8-17(27)28/h1-4,9,12,14-15,22H,5-8,21H2,(H,23,29)(H,24,30)(H,25,26)(H,27,28)(H,31,32)/t12-,14-,15-/m0/s1. The number of H-pyrrole nitrogens is 1. The van der Waals surface area contributed by atoms with Crippen LogP contribution in [-0.4, -0.2) is 68.2 Å². The normalized spacial score (nSPS) is 13.7. The smallest absolute Gasteiger partial charge is 0.326 e. The number of amides is 2. The summed E-state index contributed by atoms with van der Waals surface area (Å²) in [7, 11) is 0. The highest BCUT2D eigenvalue weighted by molar-refractivity contribution is 5.93. The highest BCUT2D eigenvalue weighted by Crippen LogP contribution is 2.18. The van der Waals surface area contributed by atoms with Gasteiger partial charge in [0.05, 0.1) is 12.5 Å². The van der Waals surface area contributed by atoms with Crippen molar-refractivity contribution in [3.63, 3.8) is 0 Å². The van der Waals surface area contributed by atoms with Crippen molar-refractivity contribution in [2.75, 3.05) is 0 Å². The van der Waals surface area contributed by atoms with Crippen molar-refractivity contribution in [1.29, 1.82) is 0 Å². The molecule has 2 aromatic rings. The number of carbonyl (C=O) groups excluding carboxylic acids is 2. The van der Waals surface area contributed by atoms with Crippen LogP contribution in [0.1, 0.15) is 24.8 Å². The molecule has 1 aromatic carbocycles. The van der Waals surface area contributed by atoms with Crippen molar-refractivity contribution in [1.82, 2.24) is 15.6 Å². The molecule has 0 aliphatic carbocycles. The minimum absolute atomic E-state index is 0.125. The molecule has 0 saturated carbocycles. The monoisotopic (exact) mass is 448 g/mol. The van der Waals surface area contributed by atoms with Gasteiger partial charge in [-0.05, 0) is 24.5 Å². The number of hydrogen-bond donors (Lipinski definition) is 7. The summed E-state index contributed by atoms with van der Waals surface area (Å²) in [5.41, 5.74) is 7.59. The maximum Gasteiger partial charge on any atom is 0.326 e. The Hall–Kier alpha value is -3.93. The summed E-state index contributed by atoms with van der Waals surface area (Å²) in [6, 6.07) is 3.13. The molecule has 2 amide bonds. The van der Waals surface area contributed by atoms with Crippen molar-refractivity contribution in [2.24, 2.45) is 5.73 Å². The molecule has 0 bridgehead atoms. The molecule has 8 N–H and O–H groups in total. The fourth-order valence-corrected chi connectivity index (χ4v) is 3.09. The van der Waals surface area contributed by atoms with Crippen LogP contribution in [0.15, 0.2) is 30.5 Å². The Morgan fingerprint density at radius 3 is 2.22 bits per heavy atom. The number of aliphatic carboxylic acids is 3. The average molecular weight is 448 g/mol. The third-order valence-electron chi connectivity index (χ3n) is 4.72. The zero-order chi connectivity index (χ0) is 23.8. The molecule has 1 aromatic heterocycles. The van der Waals surface area contributed by atoms with E-state index in [1.165, 1.54) is 0 Å². The Morgan fingerprint density at radius 2 is 1.59 bits per heavy atom. The molecular formula is C20H24N4O8. The Labute approximate surface area is 181 Å². The number of nitrogens with two attached hydrogens (primary N) is 1. The fourth-order valence-electron chi connectivity index (χ4n) is 3.09. The maximum atomic E-state index is 12.6. The van der Waals surface area contributed by atoms with E-state index in [-0.39, 0.29) is 12.8 Å². The van der Waals surface area contributed by atoms with Crippen LogP contribution in [0, 0.1) is 0 Å². The van der Waals surface area contributed by atoms with Crippen LogP contribution >= 0.6 is 0 Å². The van der Waals surface area contributed by atoms with Crippen molar-refractivity contribution in [3.8, 4) is 0 Å². The molecule has 0 fully saturated rings. The zero-order valence-electron chi connectivity index (χ0n) is 16.9. The van der Waals surface area contributed by atoms with E-state index in [1.807, 2.05) is 29.6 Å². The van der Waals surface area contributed by atoms with E-state index in [1.54, 1.807) is 6.20 Å². The van der Waals surface area contributed by atoms with Gasteiger partial charge in [-0.2, -0.15) is 0 Å². The van der Waals surface area contributed by atoms with E-state index in [9.17, 15) is 24.0 Å². The van der Waals surface area contributed by atoms with E-state index in [0.29, 0.717) is 0 Å². The van der Waals surface area contributed by atoms with E-state index in [0.717, 1.165) is 16.5 Å². The van der Waals surface area contributed by atoms with Crippen molar-refractivity contribution in [3.05, 3.63) is 36.0 Å². The van der Waals surface area contributed by atoms with Gasteiger partial charge < -0.3 is 36.7 Å². The first-order valence-corrected chi connectivity index (χ1v) is 9.66. The van der Waals surface area contributed by atoms with E-state index < -0.39 is 60.7 Å². The van der Waals surface area contributed by atoms with Crippen LogP contribution in [0.5, 0.6) is 0 Å². The third kappa shape index (κ3) is 6.80. The number of fused-ring (bicyclic) bond motifs is 1. The van der Waals surface area contributed by atoms with Crippen LogP contribution in [0.3, 0.4) is 0 Å². The number of para-hydroxylation sites is 1. The van der Waals surface area contributed by atoms with Gasteiger partial charge in [0.15, 0.2) is 0 Å². The lowest BCUT2D eigenvalue weighted by Gasteiger charge is -2.22. The van der Waals surface area contributed by atoms with Crippen LogP contribution in [0.4, 0.5) is 0 Å². The first-order chi connectivity index (χ1) is 15.1. The molecule has 0 aliphatic heterocycles. The van der Waals surface area contributed by atoms with Crippen molar-refractivity contribution in [2.45, 2.75) is 43.8 Å². The Bertz CT molecular complexity index is 1020. The summed E-state index contributed by atoms with van der Waals surface area (Å²) in [6.45, 7) is 0. The number of benzene rings is 1. The number of aromatic amines is 1. The van der Waals surface area contributed by atoms with Gasteiger partial charge in [0.2, 0.25) is 11.8 Å². The third-order valence-corrected chi connectivity index (χ3v) is 4.72. The van der Waals surface area contributed by atoms with Crippen LogP contribution in [0.25, 0.3) is 10.9 Å². The van der Waals surface area contributed by atoms with Crippen LogP contribution in [-0.2, 0) is 30.4 Å². The quantitative estimate of drug-likeness (QED) is 0.221. The molecule has 1 heterocycles. The number of rotatable bonds is 12. The van der Waals surface area contributed by atoms with Gasteiger partial charge >= 0.3 is 17.9 Å². The number of carboxylic acid groups (broad SMARTS) is 3. The maximum absolute atomic E-state index is 12.6. The molecule has 0 saturated heterocycles. The highest BCUT2D eigenvalue weighted by atomic mass is 16.4. The first kappa shape index (κ1) is 24.3. The molecule has 2 rings (SSSR count). The highest BCUT2D eigenvalue weighted by Gasteiger charge is 2.29. The number of hydrogen-bond acceptors (Lipinski definition) is 6. The molecule has 12 nitrogen and oxygen atoms in total. The number of aromatic nitrogens is 1. The SMILES string of the molecule is N[C@@H](Cc1c[nH]c2ccccc12)C(=O)N[C@@H](CCC(=O)O)C(=O)N[C@@H](CC(=O)O)C(=O)O. The van der Waals surface area contributed by atoms with Gasteiger partial charge in [0.1, 0.15) is 12.1 Å². The molecule has 0 unspecified atom stereocenters. The second-order valence-electron chi connectivity index (χ2n) is 7.16. The summed E-state index contributed by atoms with van der Waals surface area (Å²) < 4.78 is 0. The molecule has 0 radical (unpaired) electrons. The Morgan fingerprint density at radius 1 is 0.938 bits per heavy atom. The largest absolute Gasteiger partial charge is 0.481 e. The molecule has 172 valence electrons. The topological polar surface area (TPSA) is 212 Å². The lowest BCUT2D eigenvalue weighted by molar-refractivity contribution is -0.147. The second kappa shape index (κ2) is 10.9. The van der Waals surface area contributed by atoms with Gasteiger partial charge in [-0.3, -0.25) is 19.2 Å². The zero-order valence-corrected chi connectivity index (χ0v) is 16.9. The van der Waals surface area contributed by atoms with Gasteiger partial charge in [-0.25, -0.2) is 4.79 Å². The van der Waals surface area contributed by atoms with Gasteiger partial charge in [0.25, 0.3) is 0 Å². The summed E-state index contributed by atoms with van der Waals surface area (Å²) in [6.07, 6.45) is 0.106. The Balaban J connectivity index is 2.09. The lowest BCUT2D eigenvalue weighted by atomic mass is 10.0. The lowest BCUT2D eigenvalue weighted by Crippen LogP contribution is -2.55. The minimum atomic E-state index is -1.75. The predicted octanol–water partition coefficient (Wildman–Crippen LogP) is -0.569. The second-order valence-corrected chi connectivity index (χ2v) is 7.16. The number of carbonyl (C=O) groups is 5. The van der Waals surface area contributed by atoms with E-state index in [2.05, 4.69) is 10.3 Å². The van der Waals surface area contributed by atoms with Gasteiger partial charge in [-0.1, -0.05) is 18.2 Å². The number of nitrogens with one attached hydrogen (secondary N) is 3. The van der Waals surface area contributed by atoms with Crippen LogP contribution in [0.2, 0.25) is 0 Å². The van der Waals surface area contributed by atoms with E-state index >= 15 is 0 Å². The van der Waals surface area contributed by atoms with Crippen LogP contribution < -0.4 is 16.4 Å². The fraction of sp³-hybridized carbons (Fsp3) is 0.350.